The first-order chi connectivity index (χ1) is 9.00. The molecule has 19 heavy (non-hydrogen) atoms. The minimum atomic E-state index is -0.160. The molecule has 1 aliphatic carbocycles. The zero-order valence-electron chi connectivity index (χ0n) is 11.2. The fourth-order valence-corrected chi connectivity index (χ4v) is 2.21. The van der Waals surface area contributed by atoms with Crippen LogP contribution in [0, 0.1) is 0 Å². The Bertz CT molecular complexity index is 499. The normalized spacial score (nSPS) is 16.2. The summed E-state index contributed by atoms with van der Waals surface area (Å²) in [5, 5.41) is 2.91. The first-order valence-corrected chi connectivity index (χ1v) is 6.83. The van der Waals surface area contributed by atoms with Crippen LogP contribution in [0.25, 0.3) is 0 Å². The average Bonchev–Trinajstić information content (AvgIpc) is 3.21. The zero-order valence-corrected chi connectivity index (χ0v) is 12.0. The van der Waals surface area contributed by atoms with E-state index >= 15 is 0 Å². The molecule has 0 heterocycles. The maximum Gasteiger partial charge on any atom is 0.241 e. The molecule has 1 atom stereocenters. The molecule has 1 aliphatic rings. The van der Waals surface area contributed by atoms with Crippen molar-refractivity contribution in [3.8, 4) is 0 Å². The minimum absolute atomic E-state index is 0.0295. The van der Waals surface area contributed by atoms with Crippen molar-refractivity contribution in [1.29, 1.82) is 0 Å². The minimum Gasteiger partial charge on any atom is -0.389 e. The molecule has 5 heteroatoms. The number of likely N-dealkylation sites (N-methyl/N-ethyl adjacent to an activating group) is 1. The molecule has 0 aromatic heterocycles. The highest BCUT2D eigenvalue weighted by Gasteiger charge is 2.32. The smallest absolute Gasteiger partial charge is 0.241 e. The lowest BCUT2D eigenvalue weighted by molar-refractivity contribution is -0.120. The van der Waals surface area contributed by atoms with Gasteiger partial charge in [-0.3, -0.25) is 9.69 Å². The van der Waals surface area contributed by atoms with E-state index in [0.29, 0.717) is 22.3 Å². The molecule has 1 aromatic rings. The van der Waals surface area contributed by atoms with Crippen molar-refractivity contribution < 1.29 is 4.79 Å². The van der Waals surface area contributed by atoms with E-state index in [0.717, 1.165) is 0 Å². The highest BCUT2D eigenvalue weighted by Crippen LogP contribution is 2.27. The predicted octanol–water partition coefficient (Wildman–Crippen LogP) is 1.74. The second kappa shape index (κ2) is 5.67. The van der Waals surface area contributed by atoms with Crippen molar-refractivity contribution in [1.82, 2.24) is 4.90 Å². The summed E-state index contributed by atoms with van der Waals surface area (Å²) in [7, 11) is 1.99. The monoisotopic (exact) mass is 277 g/mol. The summed E-state index contributed by atoms with van der Waals surface area (Å²) >= 11 is 4.99. The molecule has 0 radical (unpaired) electrons. The van der Waals surface area contributed by atoms with Gasteiger partial charge in [0.1, 0.15) is 4.99 Å². The summed E-state index contributed by atoms with van der Waals surface area (Å²) in [4.78, 5) is 14.6. The maximum atomic E-state index is 12.2. The number of hydrogen-bond donors (Lipinski definition) is 2. The van der Waals surface area contributed by atoms with Gasteiger partial charge in [-0.15, -0.1) is 0 Å². The molecule has 0 spiro atoms. The molecular weight excluding hydrogens is 258 g/mol. The van der Waals surface area contributed by atoms with Gasteiger partial charge < -0.3 is 11.1 Å². The van der Waals surface area contributed by atoms with Crippen LogP contribution >= 0.6 is 12.2 Å². The molecule has 4 nitrogen and oxygen atoms in total. The summed E-state index contributed by atoms with van der Waals surface area (Å²) in [5.41, 5.74) is 7.03. The molecule has 2 rings (SSSR count). The van der Waals surface area contributed by atoms with Gasteiger partial charge in [-0.2, -0.15) is 0 Å². The molecule has 1 unspecified atom stereocenters. The second-order valence-electron chi connectivity index (χ2n) is 4.97. The summed E-state index contributed by atoms with van der Waals surface area (Å²) in [5.74, 6) is -0.0295. The van der Waals surface area contributed by atoms with Gasteiger partial charge in [0.25, 0.3) is 0 Å². The number of nitrogens with two attached hydrogens (primary N) is 1. The lowest BCUT2D eigenvalue weighted by atomic mass is 10.1. The van der Waals surface area contributed by atoms with E-state index in [1.807, 2.05) is 38.2 Å². The third-order valence-electron chi connectivity index (χ3n) is 3.56. The zero-order chi connectivity index (χ0) is 14.0. The molecule has 1 aromatic carbocycles. The Morgan fingerprint density at radius 1 is 1.47 bits per heavy atom. The Hall–Kier alpha value is -1.46. The average molecular weight is 277 g/mol. The van der Waals surface area contributed by atoms with Crippen LogP contribution in [0.15, 0.2) is 24.3 Å². The van der Waals surface area contributed by atoms with Crippen LogP contribution in [0.5, 0.6) is 0 Å². The maximum absolute atomic E-state index is 12.2. The van der Waals surface area contributed by atoms with Gasteiger partial charge in [0.15, 0.2) is 0 Å². The SMILES string of the molecule is CC(C(=O)Nc1ccccc1C(N)=S)N(C)C1CC1. The predicted molar refractivity (Wildman–Crippen MR) is 81.2 cm³/mol. The number of rotatable bonds is 5. The Kier molecular flexibility index (Phi) is 4.17. The number of nitrogens with zero attached hydrogens (tertiary/aromatic N) is 1. The molecule has 1 amide bonds. The molecule has 1 saturated carbocycles. The van der Waals surface area contributed by atoms with Crippen LogP contribution in [0.2, 0.25) is 0 Å². The first kappa shape index (κ1) is 14.0. The van der Waals surface area contributed by atoms with Crippen molar-refractivity contribution in [2.45, 2.75) is 31.8 Å². The number of carbonyl (C=O) groups excluding carboxylic acids is 1. The lowest BCUT2D eigenvalue weighted by Crippen LogP contribution is -2.41. The van der Waals surface area contributed by atoms with Gasteiger partial charge in [-0.1, -0.05) is 24.4 Å². The second-order valence-corrected chi connectivity index (χ2v) is 5.41. The van der Waals surface area contributed by atoms with Gasteiger partial charge in [0.05, 0.1) is 11.7 Å². The van der Waals surface area contributed by atoms with E-state index in [-0.39, 0.29) is 11.9 Å². The van der Waals surface area contributed by atoms with Crippen LogP contribution in [0.3, 0.4) is 0 Å². The Morgan fingerprint density at radius 2 is 2.11 bits per heavy atom. The molecule has 3 N–H and O–H groups in total. The number of nitrogens with one attached hydrogen (secondary N) is 1. The van der Waals surface area contributed by atoms with E-state index < -0.39 is 0 Å². The third kappa shape index (κ3) is 3.30. The Labute approximate surface area is 119 Å². The molecule has 0 saturated heterocycles. The van der Waals surface area contributed by atoms with Crippen LogP contribution in [-0.2, 0) is 4.79 Å². The molecule has 102 valence electrons. The number of thiocarbonyl (C=S) groups is 1. The summed E-state index contributed by atoms with van der Waals surface area (Å²) in [6, 6.07) is 7.72. The number of anilines is 1. The Morgan fingerprint density at radius 3 is 2.68 bits per heavy atom. The van der Waals surface area contributed by atoms with Crippen LogP contribution < -0.4 is 11.1 Å². The number of hydrogen-bond acceptors (Lipinski definition) is 3. The van der Waals surface area contributed by atoms with Gasteiger partial charge in [-0.05, 0) is 38.9 Å². The number of benzene rings is 1. The van der Waals surface area contributed by atoms with Crippen molar-refractivity contribution in [2.24, 2.45) is 5.73 Å². The van der Waals surface area contributed by atoms with Crippen molar-refractivity contribution in [2.75, 3.05) is 12.4 Å². The van der Waals surface area contributed by atoms with Gasteiger partial charge >= 0.3 is 0 Å². The highest BCUT2D eigenvalue weighted by molar-refractivity contribution is 7.80. The lowest BCUT2D eigenvalue weighted by Gasteiger charge is -2.24. The summed E-state index contributed by atoms with van der Waals surface area (Å²) < 4.78 is 0. The van der Waals surface area contributed by atoms with Gasteiger partial charge in [0, 0.05) is 11.6 Å². The van der Waals surface area contributed by atoms with E-state index in [1.165, 1.54) is 12.8 Å². The number of carbonyl (C=O) groups is 1. The summed E-state index contributed by atoms with van der Waals surface area (Å²) in [6.07, 6.45) is 2.36. The van der Waals surface area contributed by atoms with Gasteiger partial charge in [-0.25, -0.2) is 0 Å². The van der Waals surface area contributed by atoms with Crippen molar-refractivity contribution in [3.05, 3.63) is 29.8 Å². The van der Waals surface area contributed by atoms with Crippen LogP contribution in [0.1, 0.15) is 25.3 Å². The van der Waals surface area contributed by atoms with Crippen LogP contribution in [-0.4, -0.2) is 34.9 Å². The Balaban J connectivity index is 2.08. The molecule has 0 bridgehead atoms. The topological polar surface area (TPSA) is 58.4 Å². The number of amides is 1. The first-order valence-electron chi connectivity index (χ1n) is 6.42. The summed E-state index contributed by atoms with van der Waals surface area (Å²) in [6.45, 7) is 1.91. The highest BCUT2D eigenvalue weighted by atomic mass is 32.1. The van der Waals surface area contributed by atoms with E-state index in [9.17, 15) is 4.79 Å². The third-order valence-corrected chi connectivity index (χ3v) is 3.78. The largest absolute Gasteiger partial charge is 0.389 e. The fourth-order valence-electron chi connectivity index (χ4n) is 2.03. The molecule has 1 fully saturated rings. The van der Waals surface area contributed by atoms with E-state index in [1.54, 1.807) is 0 Å². The van der Waals surface area contributed by atoms with Crippen molar-refractivity contribution in [3.63, 3.8) is 0 Å². The molecule has 0 aliphatic heterocycles. The van der Waals surface area contributed by atoms with Gasteiger partial charge in [0.2, 0.25) is 5.91 Å². The quantitative estimate of drug-likeness (QED) is 0.805. The van der Waals surface area contributed by atoms with Crippen molar-refractivity contribution >= 4 is 28.8 Å². The van der Waals surface area contributed by atoms with Crippen LogP contribution in [0.4, 0.5) is 5.69 Å². The number of para-hydroxylation sites is 1. The standard InChI is InChI=1S/C14H19N3OS/c1-9(17(2)10-7-8-10)14(18)16-12-6-4-3-5-11(12)13(15)19/h3-6,9-10H,7-8H2,1-2H3,(H2,15,19)(H,16,18). The van der Waals surface area contributed by atoms with E-state index in [2.05, 4.69) is 10.2 Å². The van der Waals surface area contributed by atoms with E-state index in [4.69, 9.17) is 18.0 Å². The molecular formula is C14H19N3OS. The fraction of sp³-hybridized carbons (Fsp3) is 0.429.